The van der Waals surface area contributed by atoms with E-state index < -0.39 is 0 Å². The summed E-state index contributed by atoms with van der Waals surface area (Å²) in [7, 11) is 0. The topological polar surface area (TPSA) is 29.3 Å². The van der Waals surface area contributed by atoms with Gasteiger partial charge in [0.1, 0.15) is 5.82 Å². The maximum atomic E-state index is 14.1. The Morgan fingerprint density at radius 1 is 1.32 bits per heavy atom. The molecule has 19 heavy (non-hydrogen) atoms. The van der Waals surface area contributed by atoms with Gasteiger partial charge < -0.3 is 5.73 Å². The van der Waals surface area contributed by atoms with Gasteiger partial charge in [-0.3, -0.25) is 4.90 Å². The number of nitrogens with two attached hydrogens (primary N) is 1. The Balaban J connectivity index is 1.81. The van der Waals surface area contributed by atoms with Crippen LogP contribution in [-0.2, 0) is 0 Å². The molecule has 0 spiro atoms. The third-order valence-electron chi connectivity index (χ3n) is 4.74. The Morgan fingerprint density at radius 2 is 2.00 bits per heavy atom. The Bertz CT molecular complexity index is 453. The molecule has 0 amide bonds. The van der Waals surface area contributed by atoms with Crippen molar-refractivity contribution < 1.29 is 4.39 Å². The van der Waals surface area contributed by atoms with Gasteiger partial charge in [-0.05, 0) is 36.8 Å². The van der Waals surface area contributed by atoms with Crippen LogP contribution in [0.2, 0.25) is 5.02 Å². The summed E-state index contributed by atoms with van der Waals surface area (Å²) in [5.41, 5.74) is 6.59. The smallest absolute Gasteiger partial charge is 0.129 e. The molecule has 2 aliphatic rings. The molecule has 4 heteroatoms. The molecule has 2 fully saturated rings. The number of halogens is 2. The van der Waals surface area contributed by atoms with Crippen molar-refractivity contribution in [3.05, 3.63) is 34.6 Å². The van der Waals surface area contributed by atoms with Crippen LogP contribution in [0.15, 0.2) is 18.2 Å². The van der Waals surface area contributed by atoms with Gasteiger partial charge in [0, 0.05) is 36.3 Å². The first kappa shape index (κ1) is 13.3. The molecule has 1 aromatic rings. The van der Waals surface area contributed by atoms with Crippen molar-refractivity contribution in [2.45, 2.75) is 25.3 Å². The third-order valence-corrected chi connectivity index (χ3v) is 4.98. The highest BCUT2D eigenvalue weighted by Crippen LogP contribution is 2.41. The first-order valence-electron chi connectivity index (χ1n) is 7.08. The van der Waals surface area contributed by atoms with Crippen molar-refractivity contribution in [1.82, 2.24) is 4.90 Å². The van der Waals surface area contributed by atoms with Crippen LogP contribution >= 0.6 is 11.6 Å². The lowest BCUT2D eigenvalue weighted by molar-refractivity contribution is 0.227. The number of likely N-dealkylation sites (tertiary alicyclic amines) is 1. The summed E-state index contributed by atoms with van der Waals surface area (Å²) in [5, 5.41) is 0.440. The van der Waals surface area contributed by atoms with Gasteiger partial charge in [-0.25, -0.2) is 4.39 Å². The molecule has 0 bridgehead atoms. The van der Waals surface area contributed by atoms with Gasteiger partial charge in [0.25, 0.3) is 0 Å². The van der Waals surface area contributed by atoms with Crippen molar-refractivity contribution in [3.8, 4) is 0 Å². The predicted octanol–water partition coefficient (Wildman–Crippen LogP) is 3.21. The van der Waals surface area contributed by atoms with Crippen LogP contribution in [0.1, 0.15) is 30.9 Å². The molecule has 0 radical (unpaired) electrons. The van der Waals surface area contributed by atoms with Crippen LogP contribution in [0.5, 0.6) is 0 Å². The first-order chi connectivity index (χ1) is 9.19. The van der Waals surface area contributed by atoms with E-state index in [1.54, 1.807) is 12.1 Å². The fraction of sp³-hybridized carbons (Fsp3) is 0.600. The Hall–Kier alpha value is -0.640. The quantitative estimate of drug-likeness (QED) is 0.922. The van der Waals surface area contributed by atoms with Crippen molar-refractivity contribution in [2.24, 2.45) is 17.6 Å². The second-order valence-electron chi connectivity index (χ2n) is 5.82. The average molecular weight is 283 g/mol. The molecule has 104 valence electrons. The van der Waals surface area contributed by atoms with Crippen molar-refractivity contribution in [2.75, 3.05) is 19.6 Å². The SMILES string of the molecule is NCC(c1ccc(Cl)cc1F)N1CC2CCCC2C1. The van der Waals surface area contributed by atoms with Crippen LogP contribution in [0, 0.1) is 17.7 Å². The Morgan fingerprint density at radius 3 is 2.58 bits per heavy atom. The molecule has 1 saturated heterocycles. The molecule has 1 saturated carbocycles. The standard InChI is InChI=1S/C15H20ClFN2/c16-12-4-5-13(14(17)6-12)15(7-18)19-8-10-2-1-3-11(10)9-19/h4-6,10-11,15H,1-3,7-9,18H2. The number of nitrogens with zero attached hydrogens (tertiary/aromatic N) is 1. The van der Waals surface area contributed by atoms with Crippen LogP contribution < -0.4 is 5.73 Å². The maximum Gasteiger partial charge on any atom is 0.129 e. The van der Waals surface area contributed by atoms with E-state index in [0.29, 0.717) is 17.1 Å². The van der Waals surface area contributed by atoms with Gasteiger partial charge in [0.05, 0.1) is 0 Å². The molecular weight excluding hydrogens is 263 g/mol. The van der Waals surface area contributed by atoms with Crippen LogP contribution in [0.3, 0.4) is 0 Å². The summed E-state index contributed by atoms with van der Waals surface area (Å²) in [6, 6.07) is 4.90. The minimum Gasteiger partial charge on any atom is -0.329 e. The monoisotopic (exact) mass is 282 g/mol. The van der Waals surface area contributed by atoms with Crippen molar-refractivity contribution in [1.29, 1.82) is 0 Å². The summed E-state index contributed by atoms with van der Waals surface area (Å²) in [6.45, 7) is 2.58. The summed E-state index contributed by atoms with van der Waals surface area (Å²) in [6.07, 6.45) is 3.99. The number of hydrogen-bond donors (Lipinski definition) is 1. The van der Waals surface area contributed by atoms with Gasteiger partial charge in [0.15, 0.2) is 0 Å². The number of hydrogen-bond acceptors (Lipinski definition) is 2. The largest absolute Gasteiger partial charge is 0.329 e. The zero-order valence-corrected chi connectivity index (χ0v) is 11.7. The molecule has 0 aromatic heterocycles. The lowest BCUT2D eigenvalue weighted by atomic mass is 10.0. The maximum absolute atomic E-state index is 14.1. The van der Waals surface area contributed by atoms with Crippen LogP contribution in [-0.4, -0.2) is 24.5 Å². The molecule has 2 N–H and O–H groups in total. The fourth-order valence-electron chi connectivity index (χ4n) is 3.77. The molecule has 1 heterocycles. The van der Waals surface area contributed by atoms with Gasteiger partial charge in [-0.1, -0.05) is 24.1 Å². The summed E-state index contributed by atoms with van der Waals surface area (Å²) in [4.78, 5) is 2.36. The number of fused-ring (bicyclic) bond motifs is 1. The van der Waals surface area contributed by atoms with Crippen LogP contribution in [0.25, 0.3) is 0 Å². The summed E-state index contributed by atoms with van der Waals surface area (Å²) < 4.78 is 14.1. The highest BCUT2D eigenvalue weighted by molar-refractivity contribution is 6.30. The van der Waals surface area contributed by atoms with Gasteiger partial charge >= 0.3 is 0 Å². The zero-order chi connectivity index (χ0) is 13.4. The molecule has 3 rings (SSSR count). The molecule has 3 unspecified atom stereocenters. The predicted molar refractivity (Wildman–Crippen MR) is 75.6 cm³/mol. The summed E-state index contributed by atoms with van der Waals surface area (Å²) >= 11 is 5.82. The van der Waals surface area contributed by atoms with E-state index in [-0.39, 0.29) is 11.9 Å². The second-order valence-corrected chi connectivity index (χ2v) is 6.26. The highest BCUT2D eigenvalue weighted by atomic mass is 35.5. The minimum atomic E-state index is -0.236. The molecule has 1 aromatic carbocycles. The Kier molecular flexibility index (Phi) is 3.79. The lowest BCUT2D eigenvalue weighted by Crippen LogP contribution is -2.33. The third kappa shape index (κ3) is 2.51. The lowest BCUT2D eigenvalue weighted by Gasteiger charge is -2.28. The number of rotatable bonds is 3. The molecule has 3 atom stereocenters. The zero-order valence-electron chi connectivity index (χ0n) is 11.0. The second kappa shape index (κ2) is 5.39. The Labute approximate surface area is 118 Å². The highest BCUT2D eigenvalue weighted by Gasteiger charge is 2.39. The van der Waals surface area contributed by atoms with Crippen molar-refractivity contribution in [3.63, 3.8) is 0 Å². The van der Waals surface area contributed by atoms with Crippen LogP contribution in [0.4, 0.5) is 4.39 Å². The first-order valence-corrected chi connectivity index (χ1v) is 7.46. The van der Waals surface area contributed by atoms with E-state index in [9.17, 15) is 4.39 Å². The average Bonchev–Trinajstić information content (AvgIpc) is 2.93. The van der Waals surface area contributed by atoms with Gasteiger partial charge in [0.2, 0.25) is 0 Å². The molecule has 1 aliphatic carbocycles. The minimum absolute atomic E-state index is 0.0112. The van der Waals surface area contributed by atoms with Gasteiger partial charge in [-0.2, -0.15) is 0 Å². The molecule has 2 nitrogen and oxygen atoms in total. The van der Waals surface area contributed by atoms with Crippen molar-refractivity contribution >= 4 is 11.6 Å². The normalized spacial score (nSPS) is 28.6. The summed E-state index contributed by atoms with van der Waals surface area (Å²) in [5.74, 6) is 1.36. The van der Waals surface area contributed by atoms with E-state index in [2.05, 4.69) is 4.90 Å². The number of benzene rings is 1. The van der Waals surface area contributed by atoms with E-state index >= 15 is 0 Å². The van der Waals surface area contributed by atoms with E-state index in [0.717, 1.165) is 24.9 Å². The molecular formula is C15H20ClFN2. The van der Waals surface area contributed by atoms with E-state index in [1.807, 2.05) is 0 Å². The molecule has 1 aliphatic heterocycles. The van der Waals surface area contributed by atoms with E-state index in [4.69, 9.17) is 17.3 Å². The fourth-order valence-corrected chi connectivity index (χ4v) is 3.93. The van der Waals surface area contributed by atoms with Gasteiger partial charge in [-0.15, -0.1) is 0 Å². The van der Waals surface area contributed by atoms with E-state index in [1.165, 1.54) is 25.3 Å².